The molecule has 0 spiro atoms. The average Bonchev–Trinajstić information content (AvgIpc) is 3.57. The lowest BCUT2D eigenvalue weighted by atomic mass is 9.96. The Bertz CT molecular complexity index is 2000. The number of aromatic amines is 1. The van der Waals surface area contributed by atoms with Crippen molar-refractivity contribution in [3.8, 4) is 33.6 Å². The van der Waals surface area contributed by atoms with E-state index in [2.05, 4.69) is 10.3 Å². The summed E-state index contributed by atoms with van der Waals surface area (Å²) in [5.41, 5.74) is 6.30. The molecule has 0 saturated heterocycles. The number of hydrogen-bond donors (Lipinski definition) is 3. The number of aliphatic hydroxyl groups excluding tert-OH is 1. The zero-order valence-corrected chi connectivity index (χ0v) is 23.5. The van der Waals surface area contributed by atoms with Gasteiger partial charge in [-0.15, -0.1) is 0 Å². The Balaban J connectivity index is 1.64. The highest BCUT2D eigenvalue weighted by Crippen LogP contribution is 2.44. The van der Waals surface area contributed by atoms with E-state index in [1.165, 1.54) is 23.5 Å². The zero-order chi connectivity index (χ0) is 28.9. The molecule has 1 unspecified atom stereocenters. The third-order valence-electron chi connectivity index (χ3n) is 7.41. The summed E-state index contributed by atoms with van der Waals surface area (Å²) >= 11 is 0. The lowest BCUT2D eigenvalue weighted by molar-refractivity contribution is 0.150. The molecular weight excluding hydrogens is 541 g/mol. The van der Waals surface area contributed by atoms with Gasteiger partial charge in [-0.25, -0.2) is 12.8 Å². The van der Waals surface area contributed by atoms with E-state index >= 15 is 0 Å². The first-order chi connectivity index (χ1) is 19.7. The number of fused-ring (bicyclic) bond motifs is 2. The number of nitrogens with one attached hydrogen (secondary N) is 2. The summed E-state index contributed by atoms with van der Waals surface area (Å²) in [6.07, 6.45) is 2.01. The fourth-order valence-electron chi connectivity index (χ4n) is 5.20. The highest BCUT2D eigenvalue weighted by atomic mass is 32.2. The lowest BCUT2D eigenvalue weighted by Gasteiger charge is -2.21. The molecule has 0 radical (unpaired) electrons. The van der Waals surface area contributed by atoms with Crippen LogP contribution < -0.4 is 9.62 Å². The highest BCUT2D eigenvalue weighted by Gasteiger charge is 2.26. The Hall–Kier alpha value is -4.44. The van der Waals surface area contributed by atoms with Gasteiger partial charge in [0.2, 0.25) is 10.0 Å². The van der Waals surface area contributed by atoms with Crippen molar-refractivity contribution in [3.63, 3.8) is 0 Å². The first kappa shape index (κ1) is 26.8. The summed E-state index contributed by atoms with van der Waals surface area (Å²) in [6.45, 7) is 0. The second kappa shape index (κ2) is 10.2. The van der Waals surface area contributed by atoms with Crippen LogP contribution in [0.2, 0.25) is 0 Å². The van der Waals surface area contributed by atoms with Gasteiger partial charge in [0.15, 0.2) is 0 Å². The Morgan fingerprint density at radius 2 is 1.61 bits per heavy atom. The minimum atomic E-state index is -3.64. The number of halogens is 1. The quantitative estimate of drug-likeness (QED) is 0.187. The monoisotopic (exact) mass is 569 g/mol. The van der Waals surface area contributed by atoms with Crippen molar-refractivity contribution < 1.29 is 22.3 Å². The Morgan fingerprint density at radius 3 is 2.29 bits per heavy atom. The van der Waals surface area contributed by atoms with Crippen molar-refractivity contribution >= 4 is 37.6 Å². The number of H-pyrrole nitrogens is 1. The Morgan fingerprint density at radius 1 is 0.902 bits per heavy atom. The molecule has 9 heteroatoms. The Kier molecular flexibility index (Phi) is 6.65. The van der Waals surface area contributed by atoms with Crippen LogP contribution in [0.4, 0.5) is 10.1 Å². The third kappa shape index (κ3) is 4.78. The third-order valence-corrected chi connectivity index (χ3v) is 8.60. The molecule has 6 rings (SSSR count). The summed E-state index contributed by atoms with van der Waals surface area (Å²) in [5, 5.41) is 15.4. The molecule has 2 heterocycles. The molecule has 0 saturated carbocycles. The number of rotatable bonds is 7. The maximum atomic E-state index is 13.7. The van der Waals surface area contributed by atoms with Gasteiger partial charge in [-0.3, -0.25) is 9.62 Å². The predicted octanol–water partition coefficient (Wildman–Crippen LogP) is 6.66. The molecule has 0 aliphatic heterocycles. The summed E-state index contributed by atoms with van der Waals surface area (Å²) in [4.78, 5) is 3.32. The van der Waals surface area contributed by atoms with E-state index in [0.29, 0.717) is 39.1 Å². The van der Waals surface area contributed by atoms with Crippen LogP contribution in [0.5, 0.6) is 0 Å². The maximum absolute atomic E-state index is 13.7. The predicted molar refractivity (Wildman–Crippen MR) is 162 cm³/mol. The van der Waals surface area contributed by atoms with E-state index in [1.54, 1.807) is 25.2 Å². The first-order valence-electron chi connectivity index (χ1n) is 13.0. The fraction of sp³-hybridized carbons (Fsp3) is 0.125. The normalized spacial score (nSPS) is 12.7. The SMILES string of the molecule is CNC(O)c1c(-c2ccc(F)cc2)oc2cc(N(C)S(C)(=O)=O)c(-c3ccc4[nH]cc(-c5ccccc5)c4c3)cc12. The molecule has 6 aromatic rings. The molecule has 7 nitrogen and oxygen atoms in total. The van der Waals surface area contributed by atoms with Gasteiger partial charge in [0.1, 0.15) is 23.4 Å². The van der Waals surface area contributed by atoms with E-state index in [4.69, 9.17) is 4.42 Å². The van der Waals surface area contributed by atoms with E-state index in [0.717, 1.165) is 33.8 Å². The number of hydrogen-bond acceptors (Lipinski definition) is 5. The summed E-state index contributed by atoms with van der Waals surface area (Å²) in [6, 6.07) is 25.3. The van der Waals surface area contributed by atoms with Crippen molar-refractivity contribution in [2.24, 2.45) is 0 Å². The standard InChI is InChI=1S/C32H28FN3O4S/c1-34-32(37)30-25-16-23(21-11-14-27-24(15-21)26(18-35-27)19-7-5-4-6-8-19)28(36(2)41(3,38)39)17-29(25)40-31(30)20-9-12-22(33)13-10-20/h4-18,32,34-35,37H,1-3H3. The first-order valence-corrected chi connectivity index (χ1v) is 14.8. The fourth-order valence-corrected chi connectivity index (χ4v) is 5.71. The summed E-state index contributed by atoms with van der Waals surface area (Å²) in [5.74, 6) is -0.0330. The summed E-state index contributed by atoms with van der Waals surface area (Å²) < 4.78 is 46.6. The second-order valence-corrected chi connectivity index (χ2v) is 12.0. The molecule has 0 bridgehead atoms. The average molecular weight is 570 g/mol. The highest BCUT2D eigenvalue weighted by molar-refractivity contribution is 7.92. The molecule has 3 N–H and O–H groups in total. The van der Waals surface area contributed by atoms with Gasteiger partial charge in [-0.05, 0) is 60.6 Å². The molecule has 208 valence electrons. The molecule has 41 heavy (non-hydrogen) atoms. The molecule has 1 atom stereocenters. The second-order valence-electron chi connectivity index (χ2n) is 9.97. The van der Waals surface area contributed by atoms with Crippen LogP contribution in [0.15, 0.2) is 95.5 Å². The van der Waals surface area contributed by atoms with Crippen molar-refractivity contribution in [2.45, 2.75) is 6.23 Å². The lowest BCUT2D eigenvalue weighted by Crippen LogP contribution is -2.25. The molecule has 0 aliphatic rings. The number of aromatic nitrogens is 1. The zero-order valence-electron chi connectivity index (χ0n) is 22.6. The number of furan rings is 1. The summed E-state index contributed by atoms with van der Waals surface area (Å²) in [7, 11) is -0.519. The number of sulfonamides is 1. The number of anilines is 1. The van der Waals surface area contributed by atoms with Crippen LogP contribution in [-0.4, -0.2) is 38.9 Å². The maximum Gasteiger partial charge on any atom is 0.232 e. The molecule has 0 aliphatic carbocycles. The van der Waals surface area contributed by atoms with Crippen LogP contribution >= 0.6 is 0 Å². The largest absolute Gasteiger partial charge is 0.456 e. The van der Waals surface area contributed by atoms with Crippen LogP contribution in [0.1, 0.15) is 11.8 Å². The minimum Gasteiger partial charge on any atom is -0.456 e. The number of aliphatic hydroxyl groups is 1. The smallest absolute Gasteiger partial charge is 0.232 e. The molecule has 4 aromatic carbocycles. The molecule has 0 amide bonds. The van der Waals surface area contributed by atoms with Gasteiger partial charge >= 0.3 is 0 Å². The van der Waals surface area contributed by atoms with Crippen LogP contribution in [-0.2, 0) is 10.0 Å². The molecular formula is C32H28FN3O4S. The van der Waals surface area contributed by atoms with Gasteiger partial charge < -0.3 is 14.5 Å². The van der Waals surface area contributed by atoms with E-state index in [9.17, 15) is 17.9 Å². The van der Waals surface area contributed by atoms with Gasteiger partial charge in [-0.1, -0.05) is 36.4 Å². The van der Waals surface area contributed by atoms with Crippen LogP contribution in [0.3, 0.4) is 0 Å². The topological polar surface area (TPSA) is 98.6 Å². The van der Waals surface area contributed by atoms with Crippen LogP contribution in [0.25, 0.3) is 55.4 Å². The molecule has 0 fully saturated rings. The molecule has 2 aromatic heterocycles. The van der Waals surface area contributed by atoms with Gasteiger partial charge in [0.25, 0.3) is 0 Å². The van der Waals surface area contributed by atoms with Gasteiger partial charge in [0, 0.05) is 57.9 Å². The number of nitrogens with zero attached hydrogens (tertiary/aromatic N) is 1. The van der Waals surface area contributed by atoms with Crippen molar-refractivity contribution in [1.82, 2.24) is 10.3 Å². The van der Waals surface area contributed by atoms with E-state index < -0.39 is 22.1 Å². The van der Waals surface area contributed by atoms with E-state index in [-0.39, 0.29) is 0 Å². The number of benzene rings is 4. The van der Waals surface area contributed by atoms with Gasteiger partial charge in [-0.2, -0.15) is 0 Å². The van der Waals surface area contributed by atoms with Gasteiger partial charge in [0.05, 0.1) is 11.9 Å². The van der Waals surface area contributed by atoms with Crippen molar-refractivity contribution in [2.75, 3.05) is 24.7 Å². The Labute approximate surface area is 236 Å². The van der Waals surface area contributed by atoms with E-state index in [1.807, 2.05) is 60.8 Å². The van der Waals surface area contributed by atoms with Crippen molar-refractivity contribution in [1.29, 1.82) is 0 Å². The van der Waals surface area contributed by atoms with Crippen LogP contribution in [0, 0.1) is 5.82 Å². The minimum absolute atomic E-state index is 0.361. The van der Waals surface area contributed by atoms with Crippen molar-refractivity contribution in [3.05, 3.63) is 103 Å².